The number of rotatable bonds is 3. The van der Waals surface area contributed by atoms with Crippen molar-refractivity contribution in [1.82, 2.24) is 0 Å². The molecule has 2 N–H and O–H groups in total. The molecule has 0 amide bonds. The summed E-state index contributed by atoms with van der Waals surface area (Å²) >= 11 is 1.68. The minimum atomic E-state index is -0.545. The number of thiophene rings is 1. The minimum absolute atomic E-state index is 0.351. The standard InChI is InChI=1S/C10H15NO2S/c1-6-4-7(2)14-9(6)5-8(11)10(12)13-3/h4,8H,5,11H2,1-3H3. The molecule has 0 aliphatic heterocycles. The van der Waals surface area contributed by atoms with E-state index in [2.05, 4.69) is 10.8 Å². The summed E-state index contributed by atoms with van der Waals surface area (Å²) in [7, 11) is 1.36. The summed E-state index contributed by atoms with van der Waals surface area (Å²) < 4.78 is 4.57. The summed E-state index contributed by atoms with van der Waals surface area (Å²) in [5.41, 5.74) is 6.87. The summed E-state index contributed by atoms with van der Waals surface area (Å²) in [6.45, 7) is 4.08. The summed E-state index contributed by atoms with van der Waals surface area (Å²) in [5.74, 6) is -0.351. The zero-order valence-electron chi connectivity index (χ0n) is 8.66. The molecule has 78 valence electrons. The average molecular weight is 213 g/mol. The van der Waals surface area contributed by atoms with E-state index in [1.54, 1.807) is 11.3 Å². The van der Waals surface area contributed by atoms with Crippen molar-refractivity contribution >= 4 is 17.3 Å². The Hall–Kier alpha value is -0.870. The van der Waals surface area contributed by atoms with Crippen LogP contribution in [0.5, 0.6) is 0 Å². The lowest BCUT2D eigenvalue weighted by Gasteiger charge is -2.07. The van der Waals surface area contributed by atoms with Crippen molar-refractivity contribution < 1.29 is 9.53 Å². The number of hydrogen-bond acceptors (Lipinski definition) is 4. The highest BCUT2D eigenvalue weighted by Crippen LogP contribution is 2.22. The molecule has 0 aromatic carbocycles. The van der Waals surface area contributed by atoms with Crippen LogP contribution in [0, 0.1) is 13.8 Å². The monoisotopic (exact) mass is 213 g/mol. The third kappa shape index (κ3) is 2.56. The van der Waals surface area contributed by atoms with Crippen LogP contribution in [0.1, 0.15) is 15.3 Å². The average Bonchev–Trinajstić information content (AvgIpc) is 2.44. The number of methoxy groups -OCH3 is 1. The van der Waals surface area contributed by atoms with Crippen LogP contribution in [0.2, 0.25) is 0 Å². The predicted molar refractivity (Wildman–Crippen MR) is 57.5 cm³/mol. The molecule has 1 atom stereocenters. The van der Waals surface area contributed by atoms with Crippen LogP contribution in [-0.4, -0.2) is 19.1 Å². The number of esters is 1. The molecule has 0 aliphatic carbocycles. The van der Waals surface area contributed by atoms with Gasteiger partial charge in [0.15, 0.2) is 0 Å². The van der Waals surface area contributed by atoms with E-state index in [4.69, 9.17) is 5.73 Å². The van der Waals surface area contributed by atoms with Crippen molar-refractivity contribution in [2.45, 2.75) is 26.3 Å². The van der Waals surface area contributed by atoms with Crippen LogP contribution < -0.4 is 5.73 Å². The topological polar surface area (TPSA) is 52.3 Å². The number of carbonyl (C=O) groups excluding carboxylic acids is 1. The van der Waals surface area contributed by atoms with Crippen LogP contribution in [0.25, 0.3) is 0 Å². The number of nitrogens with two attached hydrogens (primary N) is 1. The molecule has 3 nitrogen and oxygen atoms in total. The van der Waals surface area contributed by atoms with Crippen molar-refractivity contribution in [3.63, 3.8) is 0 Å². The Bertz CT molecular complexity index is 333. The van der Waals surface area contributed by atoms with Gasteiger partial charge in [-0.1, -0.05) is 0 Å². The Morgan fingerprint density at radius 1 is 1.64 bits per heavy atom. The van der Waals surface area contributed by atoms with Crippen molar-refractivity contribution in [2.75, 3.05) is 7.11 Å². The van der Waals surface area contributed by atoms with Crippen molar-refractivity contribution in [1.29, 1.82) is 0 Å². The van der Waals surface area contributed by atoms with Crippen LogP contribution in [0.4, 0.5) is 0 Å². The molecule has 0 bridgehead atoms. The largest absolute Gasteiger partial charge is 0.468 e. The molecule has 0 spiro atoms. The van der Waals surface area contributed by atoms with Gasteiger partial charge >= 0.3 is 5.97 Å². The Kier molecular flexibility index (Phi) is 3.66. The van der Waals surface area contributed by atoms with Gasteiger partial charge in [0.2, 0.25) is 0 Å². The quantitative estimate of drug-likeness (QED) is 0.772. The van der Waals surface area contributed by atoms with Crippen LogP contribution >= 0.6 is 11.3 Å². The van der Waals surface area contributed by atoms with E-state index in [0.717, 1.165) is 0 Å². The number of aryl methyl sites for hydroxylation is 2. The molecule has 0 radical (unpaired) electrons. The zero-order valence-corrected chi connectivity index (χ0v) is 9.48. The number of carbonyl (C=O) groups is 1. The molecular formula is C10H15NO2S. The van der Waals surface area contributed by atoms with E-state index < -0.39 is 6.04 Å². The zero-order chi connectivity index (χ0) is 10.7. The third-order valence-corrected chi connectivity index (χ3v) is 3.23. The highest BCUT2D eigenvalue weighted by Gasteiger charge is 2.16. The predicted octanol–water partition coefficient (Wildman–Crippen LogP) is 1.41. The van der Waals surface area contributed by atoms with Gasteiger partial charge in [-0.3, -0.25) is 4.79 Å². The summed E-state index contributed by atoms with van der Waals surface area (Å²) in [6, 6.07) is 1.56. The first-order valence-electron chi connectivity index (χ1n) is 4.44. The van der Waals surface area contributed by atoms with E-state index >= 15 is 0 Å². The minimum Gasteiger partial charge on any atom is -0.468 e. The first kappa shape index (κ1) is 11.2. The second-order valence-corrected chi connectivity index (χ2v) is 4.64. The van der Waals surface area contributed by atoms with Gasteiger partial charge in [-0.2, -0.15) is 0 Å². The fraction of sp³-hybridized carbons (Fsp3) is 0.500. The maximum atomic E-state index is 11.1. The van der Waals surface area contributed by atoms with Crippen molar-refractivity contribution in [3.8, 4) is 0 Å². The Labute approximate surface area is 87.9 Å². The highest BCUT2D eigenvalue weighted by atomic mass is 32.1. The molecule has 1 aromatic heterocycles. The van der Waals surface area contributed by atoms with Gasteiger partial charge in [0.05, 0.1) is 7.11 Å². The fourth-order valence-corrected chi connectivity index (χ4v) is 2.43. The van der Waals surface area contributed by atoms with Gasteiger partial charge in [-0.05, 0) is 25.5 Å². The molecule has 0 saturated carbocycles. The lowest BCUT2D eigenvalue weighted by Crippen LogP contribution is -2.33. The van der Waals surface area contributed by atoms with Gasteiger partial charge in [-0.25, -0.2) is 0 Å². The molecule has 0 fully saturated rings. The smallest absolute Gasteiger partial charge is 0.323 e. The van der Waals surface area contributed by atoms with E-state index in [9.17, 15) is 4.79 Å². The van der Waals surface area contributed by atoms with E-state index in [1.807, 2.05) is 13.8 Å². The number of hydrogen-bond donors (Lipinski definition) is 1. The lowest BCUT2D eigenvalue weighted by atomic mass is 10.1. The molecular weight excluding hydrogens is 198 g/mol. The Morgan fingerprint density at radius 2 is 2.29 bits per heavy atom. The summed E-state index contributed by atoms with van der Waals surface area (Å²) in [5, 5.41) is 0. The highest BCUT2D eigenvalue weighted by molar-refractivity contribution is 7.12. The molecule has 1 aromatic rings. The van der Waals surface area contributed by atoms with Crippen molar-refractivity contribution in [2.24, 2.45) is 5.73 Å². The second kappa shape index (κ2) is 4.57. The second-order valence-electron chi connectivity index (χ2n) is 3.30. The van der Waals surface area contributed by atoms with Crippen molar-refractivity contribution in [3.05, 3.63) is 21.4 Å². The van der Waals surface area contributed by atoms with Gasteiger partial charge in [0, 0.05) is 16.2 Å². The van der Waals surface area contributed by atoms with E-state index in [0.29, 0.717) is 6.42 Å². The van der Waals surface area contributed by atoms with Gasteiger partial charge in [-0.15, -0.1) is 11.3 Å². The molecule has 1 rings (SSSR count). The van der Waals surface area contributed by atoms with Gasteiger partial charge in [0.25, 0.3) is 0 Å². The molecule has 1 heterocycles. The molecule has 0 aliphatic rings. The maximum Gasteiger partial charge on any atom is 0.323 e. The summed E-state index contributed by atoms with van der Waals surface area (Å²) in [4.78, 5) is 13.5. The lowest BCUT2D eigenvalue weighted by molar-refractivity contribution is -0.142. The Balaban J connectivity index is 2.69. The SMILES string of the molecule is COC(=O)C(N)Cc1sc(C)cc1C. The van der Waals surface area contributed by atoms with Crippen LogP contribution in [0.3, 0.4) is 0 Å². The molecule has 0 saturated heterocycles. The Morgan fingerprint density at radius 3 is 2.71 bits per heavy atom. The van der Waals surface area contributed by atoms with E-state index in [-0.39, 0.29) is 5.97 Å². The first-order chi connectivity index (χ1) is 6.54. The van der Waals surface area contributed by atoms with Gasteiger partial charge in [0.1, 0.15) is 6.04 Å². The number of ether oxygens (including phenoxy) is 1. The third-order valence-electron chi connectivity index (χ3n) is 2.05. The fourth-order valence-electron chi connectivity index (χ4n) is 1.33. The normalized spacial score (nSPS) is 12.6. The molecule has 14 heavy (non-hydrogen) atoms. The molecule has 4 heteroatoms. The van der Waals surface area contributed by atoms with Gasteiger partial charge < -0.3 is 10.5 Å². The van der Waals surface area contributed by atoms with E-state index in [1.165, 1.54) is 22.4 Å². The maximum absolute atomic E-state index is 11.1. The van der Waals surface area contributed by atoms with Crippen LogP contribution in [-0.2, 0) is 16.0 Å². The molecule has 1 unspecified atom stereocenters. The first-order valence-corrected chi connectivity index (χ1v) is 5.25. The summed E-state index contributed by atoms with van der Waals surface area (Å²) in [6.07, 6.45) is 0.566. The van der Waals surface area contributed by atoms with Crippen LogP contribution in [0.15, 0.2) is 6.07 Å².